The van der Waals surface area contributed by atoms with E-state index in [0.29, 0.717) is 0 Å². The van der Waals surface area contributed by atoms with Gasteiger partial charge in [-0.05, 0) is 0 Å². The lowest BCUT2D eigenvalue weighted by Gasteiger charge is -2.52. The average Bonchev–Trinajstić information content (AvgIpc) is 3.58. The third-order valence-corrected chi connectivity index (χ3v) is 12.7. The number of carbonyl (C=O) groups excluding carboxylic acids is 1. The maximum absolute atomic E-state index is 12.8. The molecule has 1 amide bonds. The van der Waals surface area contributed by atoms with Crippen molar-refractivity contribution in [3.8, 4) is 0 Å². The van der Waals surface area contributed by atoms with E-state index >= 15 is 0 Å². The molecule has 0 saturated carbocycles. The molecule has 0 aliphatic carbocycles. The van der Waals surface area contributed by atoms with Crippen LogP contribution in [0.3, 0.4) is 0 Å². The van der Waals surface area contributed by atoms with Gasteiger partial charge >= 0.3 is 5.97 Å². The van der Waals surface area contributed by atoms with Crippen LogP contribution in [0.2, 0.25) is 0 Å². The zero-order valence-electron chi connectivity index (χ0n) is 35.6. The van der Waals surface area contributed by atoms with Crippen LogP contribution in [-0.4, -0.2) is 305 Å². The van der Waals surface area contributed by atoms with Crippen molar-refractivity contribution >= 4 is 11.9 Å². The number of rotatable bonds is 10. The quantitative estimate of drug-likeness (QED) is 0.0966. The van der Waals surface area contributed by atoms with Crippen LogP contribution in [0, 0.1) is 0 Å². The molecule has 31 nitrogen and oxygen atoms in total. The highest BCUT2D eigenvalue weighted by molar-refractivity contribution is 5.73. The molecule has 7 aliphatic heterocycles. The summed E-state index contributed by atoms with van der Waals surface area (Å²) in [5, 5.41) is 175. The molecule has 0 aromatic rings. The molecule has 0 spiro atoms. The van der Waals surface area contributed by atoms with Crippen LogP contribution in [0.15, 0.2) is 0 Å². The Morgan fingerprint density at radius 2 is 1.00 bits per heavy atom. The van der Waals surface area contributed by atoms with Crippen LogP contribution in [0.5, 0.6) is 0 Å². The number of fused-ring (bicyclic) bond motifs is 7. The molecule has 29 atom stereocenters. The SMILES string of the molecule is CC(=O)N[C@H]1[C@@H]2O[C@@H]3[C@@H](O)[C@H](OC[C@H]4O[C@H](O[C@@H]5[C@@H](O[C@H]1[C@@H](O)[C@@H](CO)O2)O[C@H](CO)[C@@H](O)[C@@H]5O)[C@@H](O)[C@@H](O)[C@@H]4O)O[C@H](CO)[C@@H]3O[C@@H]1O[C@H](C(=O)O)[C@@H](O[C@@H]2O[C@H](CO)[C@@H](O)[C@H]2O)[C@H](O)[C@H]1O. The van der Waals surface area contributed by atoms with Gasteiger partial charge in [-0.1, -0.05) is 0 Å². The van der Waals surface area contributed by atoms with E-state index in [9.17, 15) is 91.3 Å². The van der Waals surface area contributed by atoms with Crippen LogP contribution in [-0.2, 0) is 66.4 Å². The zero-order chi connectivity index (χ0) is 49.6. The van der Waals surface area contributed by atoms with Crippen molar-refractivity contribution < 1.29 is 148 Å². The number of hydrogen-bond acceptors (Lipinski definition) is 29. The van der Waals surface area contributed by atoms with Gasteiger partial charge in [0.15, 0.2) is 43.8 Å². The minimum absolute atomic E-state index is 0.805. The Kier molecular flexibility index (Phi) is 17.6. The number of carboxylic acids is 1. The number of carboxylic acid groups (broad SMARTS) is 1. The van der Waals surface area contributed by atoms with Crippen LogP contribution in [0.25, 0.3) is 0 Å². The van der Waals surface area contributed by atoms with E-state index in [-0.39, 0.29) is 0 Å². The molecular formula is C37H59NO30. The van der Waals surface area contributed by atoms with Gasteiger partial charge in [-0.15, -0.1) is 0 Å². The molecule has 7 aliphatic rings. The Labute approximate surface area is 383 Å². The number of amides is 1. The lowest BCUT2D eigenvalue weighted by Crippen LogP contribution is -2.71. The minimum atomic E-state index is -2.31. The van der Waals surface area contributed by atoms with Crippen molar-refractivity contribution in [3.63, 3.8) is 0 Å². The van der Waals surface area contributed by atoms with Gasteiger partial charge in [-0.25, -0.2) is 4.79 Å². The first kappa shape index (κ1) is 53.7. The standard InChI is InChI=1S/C37H59NO30/c1-7(43)38-13-26-17(47)10(4-41)58-32(13)65-28-24(54)33(57-6-12-16(46)18(48)22(52)35(62-12)67-29-19(49)14(44)8(2-39)60-37(29)64-26)61-11(5-42)25(28)63-36-23(53)20(50)27(30(68-36)31(55)56)66-34-21(51)15(45)9(3-40)59-34/h8-30,32-37,39-42,44-54H,2-6H2,1H3,(H,38,43)(H,55,56)/t8-,9-,10-,11-,12-,13-,14-,15-,16-,17+,18+,19+,20-,21-,22+,23-,24-,25+,26-,27+,28-,29+,30+,32+,33-,34+,35-,36-,37-/m1/s1. The van der Waals surface area contributed by atoms with Crippen LogP contribution in [0.1, 0.15) is 6.92 Å². The Morgan fingerprint density at radius 1 is 0.471 bits per heavy atom. The molecule has 7 heterocycles. The Morgan fingerprint density at radius 3 is 1.62 bits per heavy atom. The van der Waals surface area contributed by atoms with Crippen molar-refractivity contribution in [3.05, 3.63) is 0 Å². The maximum Gasteiger partial charge on any atom is 0.335 e. The monoisotopic (exact) mass is 997 g/mol. The summed E-state index contributed by atoms with van der Waals surface area (Å²) >= 11 is 0. The number of ether oxygens (including phenoxy) is 12. The van der Waals surface area contributed by atoms with Gasteiger partial charge < -0.3 is 144 Å². The van der Waals surface area contributed by atoms with Crippen molar-refractivity contribution in [2.45, 2.75) is 185 Å². The van der Waals surface area contributed by atoms with E-state index in [0.717, 1.165) is 6.92 Å². The highest BCUT2D eigenvalue weighted by Gasteiger charge is 2.59. The van der Waals surface area contributed by atoms with Gasteiger partial charge in [0.1, 0.15) is 134 Å². The highest BCUT2D eigenvalue weighted by Crippen LogP contribution is 2.38. The molecule has 0 unspecified atom stereocenters. The first-order valence-corrected chi connectivity index (χ1v) is 21.5. The maximum atomic E-state index is 12.8. The van der Waals surface area contributed by atoms with E-state index in [1.807, 2.05) is 0 Å². The fraction of sp³-hybridized carbons (Fsp3) is 0.946. The smallest absolute Gasteiger partial charge is 0.335 e. The summed E-state index contributed by atoms with van der Waals surface area (Å²) in [7, 11) is 0. The lowest BCUT2D eigenvalue weighted by atomic mass is 9.93. The molecule has 68 heavy (non-hydrogen) atoms. The van der Waals surface area contributed by atoms with E-state index in [1.54, 1.807) is 0 Å². The zero-order valence-corrected chi connectivity index (χ0v) is 35.6. The van der Waals surface area contributed by atoms with Crippen LogP contribution < -0.4 is 5.32 Å². The molecule has 7 saturated heterocycles. The molecule has 0 radical (unpaired) electrons. The fourth-order valence-corrected chi connectivity index (χ4v) is 8.95. The van der Waals surface area contributed by atoms with Crippen LogP contribution >= 0.6 is 0 Å². The predicted octanol–water partition coefficient (Wildman–Crippen LogP) is -12.2. The van der Waals surface area contributed by atoms with Crippen molar-refractivity contribution in [1.29, 1.82) is 0 Å². The number of aliphatic carboxylic acids is 1. The fourth-order valence-electron chi connectivity index (χ4n) is 8.95. The van der Waals surface area contributed by atoms with Gasteiger partial charge in [0, 0.05) is 6.92 Å². The number of aliphatic hydroxyl groups is 15. The number of aliphatic hydroxyl groups excluding tert-OH is 15. The number of carbonyl (C=O) groups is 2. The molecule has 7 fully saturated rings. The van der Waals surface area contributed by atoms with E-state index in [1.165, 1.54) is 0 Å². The molecule has 0 aromatic heterocycles. The van der Waals surface area contributed by atoms with Crippen molar-refractivity contribution in [1.82, 2.24) is 5.32 Å². The average molecular weight is 998 g/mol. The highest BCUT2D eigenvalue weighted by atomic mass is 16.8. The molecule has 0 aromatic carbocycles. The summed E-state index contributed by atoms with van der Waals surface area (Å²) < 4.78 is 69.3. The second-order valence-electron chi connectivity index (χ2n) is 17.2. The summed E-state index contributed by atoms with van der Waals surface area (Å²) in [4.78, 5) is 25.4. The molecular weight excluding hydrogens is 938 g/mol. The van der Waals surface area contributed by atoms with Gasteiger partial charge in [0.25, 0.3) is 0 Å². The third kappa shape index (κ3) is 10.5. The third-order valence-electron chi connectivity index (χ3n) is 12.7. The van der Waals surface area contributed by atoms with E-state index in [4.69, 9.17) is 56.8 Å². The van der Waals surface area contributed by atoms with Gasteiger partial charge in [-0.3, -0.25) is 4.79 Å². The summed E-state index contributed by atoms with van der Waals surface area (Å²) in [6.07, 6.45) is -55.2. The lowest BCUT2D eigenvalue weighted by molar-refractivity contribution is -0.403. The van der Waals surface area contributed by atoms with Gasteiger partial charge in [0.2, 0.25) is 5.91 Å². The first-order chi connectivity index (χ1) is 32.2. The van der Waals surface area contributed by atoms with Crippen molar-refractivity contribution in [2.75, 3.05) is 33.0 Å². The Bertz CT molecular complexity index is 1670. The Hall–Kier alpha value is -2.14. The summed E-state index contributed by atoms with van der Waals surface area (Å²) in [6.45, 7) is -3.72. The molecule has 6 bridgehead atoms. The molecule has 31 heteroatoms. The largest absolute Gasteiger partial charge is 0.479 e. The first-order valence-electron chi connectivity index (χ1n) is 21.5. The van der Waals surface area contributed by atoms with Crippen LogP contribution in [0.4, 0.5) is 0 Å². The normalized spacial score (nSPS) is 52.4. The number of hydrogen-bond donors (Lipinski definition) is 17. The second kappa shape index (κ2) is 22.3. The summed E-state index contributed by atoms with van der Waals surface area (Å²) in [5.74, 6) is -2.71. The predicted molar refractivity (Wildman–Crippen MR) is 202 cm³/mol. The summed E-state index contributed by atoms with van der Waals surface area (Å²) in [5.41, 5.74) is 0. The van der Waals surface area contributed by atoms with E-state index in [2.05, 4.69) is 5.32 Å². The number of nitrogens with one attached hydrogen (secondary N) is 1. The topological polar surface area (TPSA) is 481 Å². The van der Waals surface area contributed by atoms with Gasteiger partial charge in [-0.2, -0.15) is 0 Å². The summed E-state index contributed by atoms with van der Waals surface area (Å²) in [6, 6.07) is -1.79. The minimum Gasteiger partial charge on any atom is -0.479 e. The van der Waals surface area contributed by atoms with Gasteiger partial charge in [0.05, 0.1) is 33.0 Å². The molecule has 7 rings (SSSR count). The van der Waals surface area contributed by atoms with Crippen molar-refractivity contribution in [2.24, 2.45) is 0 Å². The molecule has 392 valence electrons. The second-order valence-corrected chi connectivity index (χ2v) is 17.2. The Balaban J connectivity index is 1.25. The molecule has 17 N–H and O–H groups in total. The van der Waals surface area contributed by atoms with E-state index < -0.39 is 223 Å².